The quantitative estimate of drug-likeness (QED) is 0.826. The number of nitrogens with zero attached hydrogens (tertiary/aromatic N) is 1. The molecule has 1 heterocycles. The van der Waals surface area contributed by atoms with E-state index in [2.05, 4.69) is 15.6 Å². The zero-order valence-corrected chi connectivity index (χ0v) is 12.8. The SMILES string of the molecule is COc1ccc(F)c(CCNC(=S)Nc2nccs2)c1F. The second kappa shape index (κ2) is 7.28. The third kappa shape index (κ3) is 4.08. The predicted molar refractivity (Wildman–Crippen MR) is 83.0 cm³/mol. The van der Waals surface area contributed by atoms with E-state index in [1.807, 2.05) is 5.38 Å². The number of methoxy groups -OCH3 is 1. The number of aromatic nitrogens is 1. The molecule has 0 aliphatic carbocycles. The molecular formula is C13H13F2N3OS2. The second-order valence-electron chi connectivity index (χ2n) is 4.01. The summed E-state index contributed by atoms with van der Waals surface area (Å²) in [5.74, 6) is -1.26. The number of ether oxygens (including phenoxy) is 1. The minimum absolute atomic E-state index is 0.0230. The molecule has 21 heavy (non-hydrogen) atoms. The third-order valence-electron chi connectivity index (χ3n) is 2.68. The minimum Gasteiger partial charge on any atom is -0.494 e. The molecule has 112 valence electrons. The Labute approximate surface area is 130 Å². The van der Waals surface area contributed by atoms with Gasteiger partial charge in [-0.25, -0.2) is 13.8 Å². The van der Waals surface area contributed by atoms with E-state index in [-0.39, 0.29) is 24.3 Å². The van der Waals surface area contributed by atoms with Gasteiger partial charge in [0.2, 0.25) is 0 Å². The van der Waals surface area contributed by atoms with Crippen molar-refractivity contribution in [2.75, 3.05) is 19.0 Å². The molecule has 1 aromatic carbocycles. The van der Waals surface area contributed by atoms with Gasteiger partial charge in [0.1, 0.15) is 5.82 Å². The average molecular weight is 329 g/mol. The number of nitrogens with one attached hydrogen (secondary N) is 2. The van der Waals surface area contributed by atoms with Crippen molar-refractivity contribution >= 4 is 33.8 Å². The lowest BCUT2D eigenvalue weighted by molar-refractivity contribution is 0.380. The molecule has 0 saturated heterocycles. The molecule has 4 nitrogen and oxygen atoms in total. The van der Waals surface area contributed by atoms with Crippen LogP contribution in [0.25, 0.3) is 0 Å². The predicted octanol–water partition coefficient (Wildman–Crippen LogP) is 2.96. The van der Waals surface area contributed by atoms with Gasteiger partial charge in [0, 0.05) is 23.7 Å². The van der Waals surface area contributed by atoms with Crippen LogP contribution in [0.5, 0.6) is 5.75 Å². The van der Waals surface area contributed by atoms with Crippen molar-refractivity contribution in [2.24, 2.45) is 0 Å². The van der Waals surface area contributed by atoms with Gasteiger partial charge in [-0.1, -0.05) is 0 Å². The summed E-state index contributed by atoms with van der Waals surface area (Å²) in [7, 11) is 1.34. The van der Waals surface area contributed by atoms with Crippen LogP contribution in [-0.2, 0) is 6.42 Å². The third-order valence-corrected chi connectivity index (χ3v) is 3.62. The first-order valence-electron chi connectivity index (χ1n) is 6.07. The number of hydrogen-bond acceptors (Lipinski definition) is 4. The van der Waals surface area contributed by atoms with Crippen LogP contribution in [-0.4, -0.2) is 23.8 Å². The fourth-order valence-electron chi connectivity index (χ4n) is 1.69. The highest BCUT2D eigenvalue weighted by atomic mass is 32.1. The van der Waals surface area contributed by atoms with Crippen LogP contribution in [0.4, 0.5) is 13.9 Å². The number of halogens is 2. The Kier molecular flexibility index (Phi) is 5.40. The van der Waals surface area contributed by atoms with Gasteiger partial charge in [0.15, 0.2) is 21.8 Å². The van der Waals surface area contributed by atoms with Crippen molar-refractivity contribution in [3.8, 4) is 5.75 Å². The highest BCUT2D eigenvalue weighted by Crippen LogP contribution is 2.23. The maximum absolute atomic E-state index is 13.9. The molecule has 0 aliphatic rings. The molecule has 1 aromatic heterocycles. The Morgan fingerprint density at radius 3 is 2.90 bits per heavy atom. The van der Waals surface area contributed by atoms with Crippen molar-refractivity contribution in [1.29, 1.82) is 0 Å². The summed E-state index contributed by atoms with van der Waals surface area (Å²) in [6.07, 6.45) is 1.80. The maximum atomic E-state index is 13.9. The topological polar surface area (TPSA) is 46.2 Å². The van der Waals surface area contributed by atoms with Crippen molar-refractivity contribution in [3.05, 3.63) is 40.9 Å². The van der Waals surface area contributed by atoms with Gasteiger partial charge in [-0.15, -0.1) is 11.3 Å². The number of thiazole rings is 1. The van der Waals surface area contributed by atoms with Crippen LogP contribution in [0.15, 0.2) is 23.7 Å². The van der Waals surface area contributed by atoms with E-state index in [4.69, 9.17) is 17.0 Å². The zero-order valence-electron chi connectivity index (χ0n) is 11.2. The van der Waals surface area contributed by atoms with Gasteiger partial charge in [-0.05, 0) is 30.8 Å². The van der Waals surface area contributed by atoms with Gasteiger partial charge in [-0.3, -0.25) is 0 Å². The van der Waals surface area contributed by atoms with E-state index >= 15 is 0 Å². The molecule has 0 unspecified atom stereocenters. The van der Waals surface area contributed by atoms with Crippen molar-refractivity contribution in [1.82, 2.24) is 10.3 Å². The Hall–Kier alpha value is -1.80. The van der Waals surface area contributed by atoms with Crippen molar-refractivity contribution in [2.45, 2.75) is 6.42 Å². The van der Waals surface area contributed by atoms with Crippen LogP contribution < -0.4 is 15.4 Å². The van der Waals surface area contributed by atoms with Crippen LogP contribution in [0, 0.1) is 11.6 Å². The van der Waals surface area contributed by atoms with Crippen LogP contribution in [0.2, 0.25) is 0 Å². The minimum atomic E-state index is -0.682. The lowest BCUT2D eigenvalue weighted by atomic mass is 10.1. The zero-order chi connectivity index (χ0) is 15.2. The number of thiocarbonyl (C=S) groups is 1. The summed E-state index contributed by atoms with van der Waals surface area (Å²) in [6, 6.07) is 2.44. The number of hydrogen-bond donors (Lipinski definition) is 2. The number of rotatable bonds is 5. The van der Waals surface area contributed by atoms with E-state index in [0.717, 1.165) is 0 Å². The largest absolute Gasteiger partial charge is 0.494 e. The van der Waals surface area contributed by atoms with E-state index in [1.54, 1.807) is 6.20 Å². The lowest BCUT2D eigenvalue weighted by Crippen LogP contribution is -2.30. The second-order valence-corrected chi connectivity index (χ2v) is 5.31. The van der Waals surface area contributed by atoms with E-state index in [9.17, 15) is 8.78 Å². The summed E-state index contributed by atoms with van der Waals surface area (Å²) < 4.78 is 32.4. The fraction of sp³-hybridized carbons (Fsp3) is 0.231. The molecule has 2 rings (SSSR count). The molecule has 0 radical (unpaired) electrons. The van der Waals surface area contributed by atoms with Crippen LogP contribution >= 0.6 is 23.6 Å². The van der Waals surface area contributed by atoms with Gasteiger partial charge < -0.3 is 15.4 Å². The first kappa shape index (κ1) is 15.6. The van der Waals surface area contributed by atoms with Gasteiger partial charge >= 0.3 is 0 Å². The molecule has 2 N–H and O–H groups in total. The highest BCUT2D eigenvalue weighted by Gasteiger charge is 2.14. The summed E-state index contributed by atoms with van der Waals surface area (Å²) in [5.41, 5.74) is -0.0288. The highest BCUT2D eigenvalue weighted by molar-refractivity contribution is 7.80. The number of anilines is 1. The molecular weight excluding hydrogens is 316 g/mol. The molecule has 0 bridgehead atoms. The molecule has 2 aromatic rings. The van der Waals surface area contributed by atoms with E-state index < -0.39 is 11.6 Å². The molecule has 0 fully saturated rings. The van der Waals surface area contributed by atoms with Crippen LogP contribution in [0.3, 0.4) is 0 Å². The fourth-order valence-corrected chi connectivity index (χ4v) is 2.49. The number of benzene rings is 1. The Bertz CT molecular complexity index is 620. The molecule has 8 heteroatoms. The standard InChI is InChI=1S/C13H13F2N3OS2/c1-19-10-3-2-9(14)8(11(10)15)4-5-16-12(20)18-13-17-6-7-21-13/h2-3,6-7H,4-5H2,1H3,(H2,16,17,18,20). The van der Waals surface area contributed by atoms with Gasteiger partial charge in [0.25, 0.3) is 0 Å². The summed E-state index contributed by atoms with van der Waals surface area (Å²) in [4.78, 5) is 4.02. The summed E-state index contributed by atoms with van der Waals surface area (Å²) in [6.45, 7) is 0.290. The average Bonchev–Trinajstić information content (AvgIpc) is 2.95. The van der Waals surface area contributed by atoms with Crippen molar-refractivity contribution < 1.29 is 13.5 Å². The maximum Gasteiger partial charge on any atom is 0.188 e. The van der Waals surface area contributed by atoms with Gasteiger partial charge in [-0.2, -0.15) is 0 Å². The van der Waals surface area contributed by atoms with Gasteiger partial charge in [0.05, 0.1) is 7.11 Å². The van der Waals surface area contributed by atoms with E-state index in [0.29, 0.717) is 10.2 Å². The Morgan fingerprint density at radius 2 is 2.24 bits per heavy atom. The smallest absolute Gasteiger partial charge is 0.188 e. The summed E-state index contributed by atoms with van der Waals surface area (Å²) in [5, 5.41) is 8.57. The first-order chi connectivity index (χ1) is 10.1. The van der Waals surface area contributed by atoms with E-state index in [1.165, 1.54) is 30.6 Å². The Morgan fingerprint density at radius 1 is 1.43 bits per heavy atom. The molecule has 0 atom stereocenters. The van der Waals surface area contributed by atoms with Crippen molar-refractivity contribution in [3.63, 3.8) is 0 Å². The lowest BCUT2D eigenvalue weighted by Gasteiger charge is -2.11. The first-order valence-corrected chi connectivity index (χ1v) is 7.36. The molecule has 0 amide bonds. The molecule has 0 saturated carbocycles. The monoisotopic (exact) mass is 329 g/mol. The Balaban J connectivity index is 1.90. The normalized spacial score (nSPS) is 10.2. The molecule has 0 aliphatic heterocycles. The van der Waals surface area contributed by atoms with Crippen LogP contribution in [0.1, 0.15) is 5.56 Å². The summed E-state index contributed by atoms with van der Waals surface area (Å²) >= 11 is 6.47. The molecule has 0 spiro atoms.